The lowest BCUT2D eigenvalue weighted by molar-refractivity contribution is 0.266. The van der Waals surface area contributed by atoms with Crippen molar-refractivity contribution in [2.75, 3.05) is 9.80 Å². The standard InChI is InChI=1S/C54H45BN2O/c1-53(2)44-29-41(56(38-13-6-3-7-14-38)39-15-8-4-9-16-39)22-23-42(44)43-30-49-46(31-45(43)53)55-47-28-36(54-32-34-25-35(33-54)27-37(54)26-34)21-24-50(47)58-51-20-12-19-48(52(51)55)57(49)40-17-10-5-11-18-40/h3-24,28-31,34-35,37H,25-27,32-33H2,1-2H3. The molecule has 2 heterocycles. The Morgan fingerprint density at radius 3 is 1.98 bits per heavy atom. The first-order valence-electron chi connectivity index (χ1n) is 21.5. The molecule has 4 bridgehead atoms. The fraction of sp³-hybridized carbons (Fsp3) is 0.222. The zero-order valence-electron chi connectivity index (χ0n) is 33.2. The molecular weight excluding hydrogens is 703 g/mol. The van der Waals surface area contributed by atoms with Crippen LogP contribution >= 0.6 is 0 Å². The molecule has 7 aliphatic rings. The van der Waals surface area contributed by atoms with Gasteiger partial charge in [0.1, 0.15) is 11.5 Å². The predicted octanol–water partition coefficient (Wildman–Crippen LogP) is 11.9. The Labute approximate surface area is 342 Å². The summed E-state index contributed by atoms with van der Waals surface area (Å²) in [4.78, 5) is 4.89. The number of nitrogens with zero attached hydrogens (tertiary/aromatic N) is 2. The molecule has 2 aliphatic heterocycles. The molecule has 4 saturated carbocycles. The molecule has 4 heteroatoms. The highest BCUT2D eigenvalue weighted by atomic mass is 16.5. The highest BCUT2D eigenvalue weighted by molar-refractivity contribution is 6.99. The van der Waals surface area contributed by atoms with Gasteiger partial charge in [-0.1, -0.05) is 98.8 Å². The first-order valence-corrected chi connectivity index (χ1v) is 21.5. The third-order valence-corrected chi connectivity index (χ3v) is 15.3. The van der Waals surface area contributed by atoms with Gasteiger partial charge in [0.2, 0.25) is 0 Å². The van der Waals surface area contributed by atoms with E-state index in [0.29, 0.717) is 5.41 Å². The van der Waals surface area contributed by atoms with Crippen molar-refractivity contribution in [3.05, 3.63) is 174 Å². The molecule has 58 heavy (non-hydrogen) atoms. The van der Waals surface area contributed by atoms with Crippen molar-refractivity contribution in [2.45, 2.75) is 56.8 Å². The van der Waals surface area contributed by atoms with Crippen LogP contribution in [0.3, 0.4) is 0 Å². The minimum Gasteiger partial charge on any atom is -0.458 e. The van der Waals surface area contributed by atoms with Crippen LogP contribution in [0.15, 0.2) is 158 Å². The zero-order valence-corrected chi connectivity index (χ0v) is 33.2. The van der Waals surface area contributed by atoms with Gasteiger partial charge in [-0.2, -0.15) is 0 Å². The van der Waals surface area contributed by atoms with Crippen LogP contribution in [0, 0.1) is 17.8 Å². The Bertz CT molecular complexity index is 2760. The minimum atomic E-state index is -0.219. The average molecular weight is 749 g/mol. The number of para-hydroxylation sites is 3. The largest absolute Gasteiger partial charge is 0.458 e. The maximum absolute atomic E-state index is 6.94. The van der Waals surface area contributed by atoms with Crippen LogP contribution in [0.25, 0.3) is 11.1 Å². The number of hydrogen-bond acceptors (Lipinski definition) is 3. The lowest BCUT2D eigenvalue weighted by Crippen LogP contribution is -2.60. The van der Waals surface area contributed by atoms with E-state index in [9.17, 15) is 0 Å². The summed E-state index contributed by atoms with van der Waals surface area (Å²) in [6, 6.07) is 58.8. The van der Waals surface area contributed by atoms with Gasteiger partial charge in [-0.05, 0) is 172 Å². The average Bonchev–Trinajstić information content (AvgIpc) is 3.76. The fourth-order valence-electron chi connectivity index (χ4n) is 13.1. The fourth-order valence-corrected chi connectivity index (χ4v) is 13.1. The quantitative estimate of drug-likeness (QED) is 0.163. The molecule has 280 valence electrons. The minimum absolute atomic E-state index is 0.0732. The summed E-state index contributed by atoms with van der Waals surface area (Å²) in [6.07, 6.45) is 7.04. The molecule has 2 unspecified atom stereocenters. The van der Waals surface area contributed by atoms with Crippen LogP contribution in [0.2, 0.25) is 0 Å². The summed E-state index contributed by atoms with van der Waals surface area (Å²) in [6.45, 7) is 4.94. The van der Waals surface area contributed by atoms with Gasteiger partial charge < -0.3 is 14.5 Å². The smallest absolute Gasteiger partial charge is 0.256 e. The van der Waals surface area contributed by atoms with Crippen molar-refractivity contribution in [3.63, 3.8) is 0 Å². The summed E-state index contributed by atoms with van der Waals surface area (Å²) in [5.74, 6) is 4.64. The molecule has 5 aliphatic carbocycles. The second-order valence-electron chi connectivity index (χ2n) is 18.7. The van der Waals surface area contributed by atoms with Gasteiger partial charge in [0, 0.05) is 39.5 Å². The lowest BCUT2D eigenvalue weighted by Gasteiger charge is -2.41. The zero-order chi connectivity index (χ0) is 38.3. The van der Waals surface area contributed by atoms with E-state index < -0.39 is 0 Å². The molecule has 7 aromatic carbocycles. The Morgan fingerprint density at radius 1 is 0.569 bits per heavy atom. The molecule has 0 radical (unpaired) electrons. The van der Waals surface area contributed by atoms with Crippen LogP contribution in [0.4, 0.5) is 34.1 Å². The highest BCUT2D eigenvalue weighted by Crippen LogP contribution is 2.66. The van der Waals surface area contributed by atoms with Crippen molar-refractivity contribution in [2.24, 2.45) is 17.8 Å². The van der Waals surface area contributed by atoms with Crippen molar-refractivity contribution >= 4 is 57.2 Å². The molecule has 3 nitrogen and oxygen atoms in total. The van der Waals surface area contributed by atoms with Gasteiger partial charge in [-0.15, -0.1) is 0 Å². The third-order valence-electron chi connectivity index (χ3n) is 15.3. The van der Waals surface area contributed by atoms with Crippen molar-refractivity contribution in [1.82, 2.24) is 0 Å². The Morgan fingerprint density at radius 2 is 1.26 bits per heavy atom. The van der Waals surface area contributed by atoms with Gasteiger partial charge in [0.15, 0.2) is 0 Å². The summed E-state index contributed by atoms with van der Waals surface area (Å²) >= 11 is 0. The van der Waals surface area contributed by atoms with Crippen molar-refractivity contribution in [3.8, 4) is 22.6 Å². The van der Waals surface area contributed by atoms with Gasteiger partial charge in [0.25, 0.3) is 6.71 Å². The molecule has 0 N–H and O–H groups in total. The van der Waals surface area contributed by atoms with E-state index in [1.54, 1.807) is 5.56 Å². The SMILES string of the molecule is CC1(C)c2cc(N(c3ccccc3)c3ccccc3)ccc2-c2cc3c(cc21)B1c2cc(C45CC6CC(CC4C6)C5)ccc2Oc2cccc(c21)N3c1ccccc1. The van der Waals surface area contributed by atoms with Crippen LogP contribution in [-0.2, 0) is 10.8 Å². The second kappa shape index (κ2) is 11.8. The first kappa shape index (κ1) is 33.0. The summed E-state index contributed by atoms with van der Waals surface area (Å²) < 4.78 is 6.94. The Hall–Kier alpha value is -6.00. The van der Waals surface area contributed by atoms with Crippen LogP contribution < -0.4 is 30.9 Å². The molecule has 0 amide bonds. The highest BCUT2D eigenvalue weighted by Gasteiger charge is 2.58. The van der Waals surface area contributed by atoms with Gasteiger partial charge in [-0.25, -0.2) is 0 Å². The number of rotatable bonds is 5. The van der Waals surface area contributed by atoms with Crippen molar-refractivity contribution < 1.29 is 4.74 Å². The molecule has 0 saturated heterocycles. The van der Waals surface area contributed by atoms with E-state index in [2.05, 4.69) is 181 Å². The number of fused-ring (bicyclic) bond motifs is 7. The van der Waals surface area contributed by atoms with E-state index in [0.717, 1.165) is 40.6 Å². The lowest BCUT2D eigenvalue weighted by atomic mass is 9.33. The molecular formula is C54H45BN2O. The molecule has 0 aromatic heterocycles. The summed E-state index contributed by atoms with van der Waals surface area (Å²) in [7, 11) is 0. The van der Waals surface area contributed by atoms with Crippen LogP contribution in [0.5, 0.6) is 11.5 Å². The number of anilines is 6. The van der Waals surface area contributed by atoms with E-state index in [4.69, 9.17) is 4.74 Å². The Balaban J connectivity index is 1.01. The van der Waals surface area contributed by atoms with E-state index in [1.165, 1.54) is 93.5 Å². The summed E-state index contributed by atoms with van der Waals surface area (Å²) in [5, 5.41) is 0. The van der Waals surface area contributed by atoms with Crippen molar-refractivity contribution in [1.29, 1.82) is 0 Å². The van der Waals surface area contributed by atoms with Gasteiger partial charge in [-0.3, -0.25) is 0 Å². The molecule has 0 spiro atoms. The van der Waals surface area contributed by atoms with E-state index in [-0.39, 0.29) is 12.1 Å². The molecule has 2 atom stereocenters. The monoisotopic (exact) mass is 748 g/mol. The Kier molecular flexibility index (Phi) is 6.71. The molecule has 4 fully saturated rings. The van der Waals surface area contributed by atoms with Crippen LogP contribution in [0.1, 0.15) is 62.6 Å². The topological polar surface area (TPSA) is 15.7 Å². The van der Waals surface area contributed by atoms with Gasteiger partial charge in [0.05, 0.1) is 0 Å². The molecule has 7 aromatic rings. The maximum Gasteiger partial charge on any atom is 0.256 e. The number of hydrogen-bond donors (Lipinski definition) is 0. The van der Waals surface area contributed by atoms with Crippen LogP contribution in [-0.4, -0.2) is 6.71 Å². The van der Waals surface area contributed by atoms with Gasteiger partial charge >= 0.3 is 0 Å². The van der Waals surface area contributed by atoms with E-state index >= 15 is 0 Å². The number of ether oxygens (including phenoxy) is 1. The third kappa shape index (κ3) is 4.46. The normalized spacial score (nSPS) is 23.1. The second-order valence-corrected chi connectivity index (χ2v) is 18.7. The summed E-state index contributed by atoms with van der Waals surface area (Å²) in [5.41, 5.74) is 18.2. The predicted molar refractivity (Wildman–Crippen MR) is 240 cm³/mol. The number of benzene rings is 7. The van der Waals surface area contributed by atoms with E-state index in [1.807, 2.05) is 0 Å². The maximum atomic E-state index is 6.94. The first-order chi connectivity index (χ1) is 28.4. The molecule has 14 rings (SSSR count).